The molecule has 3 aromatic rings. The number of carbonyl (C=O) groups excluding carboxylic acids is 1. The number of furan rings is 1. The van der Waals surface area contributed by atoms with Crippen LogP contribution in [0.15, 0.2) is 59.5 Å². The number of anilines is 2. The monoisotopic (exact) mass is 350 g/mol. The van der Waals surface area contributed by atoms with E-state index in [4.69, 9.17) is 4.42 Å². The molecule has 1 amide bonds. The minimum Gasteiger partial charge on any atom is -0.467 e. The summed E-state index contributed by atoms with van der Waals surface area (Å²) in [4.78, 5) is 20.7. The molecular formula is C20H22N4O2. The van der Waals surface area contributed by atoms with Gasteiger partial charge in [-0.25, -0.2) is 9.97 Å². The van der Waals surface area contributed by atoms with E-state index in [1.54, 1.807) is 18.4 Å². The van der Waals surface area contributed by atoms with E-state index in [-0.39, 0.29) is 11.3 Å². The standard InChI is InChI=1S/C20H22N4O2/c1-20(2,3)16-8-4-5-9-17(16)24-19-22-11-14(12-23-19)18(25)21-13-15-7-6-10-26-15/h4-12H,13H2,1-3H3,(H,21,25)(H,22,23,24). The smallest absolute Gasteiger partial charge is 0.254 e. The number of aromatic nitrogens is 2. The Kier molecular flexibility index (Phi) is 5.02. The Morgan fingerprint density at radius 1 is 1.08 bits per heavy atom. The lowest BCUT2D eigenvalue weighted by Crippen LogP contribution is -2.23. The quantitative estimate of drug-likeness (QED) is 0.726. The van der Waals surface area contributed by atoms with Gasteiger partial charge in [0.25, 0.3) is 5.91 Å². The zero-order valence-electron chi connectivity index (χ0n) is 15.1. The molecule has 1 aromatic carbocycles. The Morgan fingerprint density at radius 2 is 1.81 bits per heavy atom. The molecule has 0 saturated carbocycles. The van der Waals surface area contributed by atoms with Crippen LogP contribution in [0.3, 0.4) is 0 Å². The van der Waals surface area contributed by atoms with Crippen molar-refractivity contribution in [1.82, 2.24) is 15.3 Å². The summed E-state index contributed by atoms with van der Waals surface area (Å²) >= 11 is 0. The van der Waals surface area contributed by atoms with Crippen LogP contribution >= 0.6 is 0 Å². The molecule has 3 rings (SSSR count). The van der Waals surface area contributed by atoms with Gasteiger partial charge in [0, 0.05) is 18.1 Å². The lowest BCUT2D eigenvalue weighted by atomic mass is 9.86. The number of para-hydroxylation sites is 1. The number of rotatable bonds is 5. The van der Waals surface area contributed by atoms with E-state index in [1.165, 1.54) is 18.0 Å². The van der Waals surface area contributed by atoms with Gasteiger partial charge in [0.15, 0.2) is 0 Å². The summed E-state index contributed by atoms with van der Waals surface area (Å²) in [5.74, 6) is 0.892. The van der Waals surface area contributed by atoms with Crippen LogP contribution in [0.4, 0.5) is 11.6 Å². The van der Waals surface area contributed by atoms with Gasteiger partial charge in [-0.05, 0) is 29.2 Å². The van der Waals surface area contributed by atoms with Crippen LogP contribution in [-0.2, 0) is 12.0 Å². The molecule has 2 heterocycles. The van der Waals surface area contributed by atoms with Gasteiger partial charge in [-0.2, -0.15) is 0 Å². The largest absolute Gasteiger partial charge is 0.467 e. The molecule has 26 heavy (non-hydrogen) atoms. The molecule has 2 aromatic heterocycles. The maximum atomic E-state index is 12.1. The fourth-order valence-corrected chi connectivity index (χ4v) is 2.56. The van der Waals surface area contributed by atoms with Crippen molar-refractivity contribution in [3.63, 3.8) is 0 Å². The number of carbonyl (C=O) groups is 1. The van der Waals surface area contributed by atoms with Gasteiger partial charge < -0.3 is 15.1 Å². The number of hydrogen-bond donors (Lipinski definition) is 2. The molecular weight excluding hydrogens is 328 g/mol. The summed E-state index contributed by atoms with van der Waals surface area (Å²) in [6, 6.07) is 11.6. The highest BCUT2D eigenvalue weighted by Gasteiger charge is 2.18. The second-order valence-corrected chi connectivity index (χ2v) is 6.98. The zero-order chi connectivity index (χ0) is 18.6. The predicted molar refractivity (Wildman–Crippen MR) is 100 cm³/mol. The number of hydrogen-bond acceptors (Lipinski definition) is 5. The second-order valence-electron chi connectivity index (χ2n) is 6.98. The molecule has 0 saturated heterocycles. The average Bonchev–Trinajstić information content (AvgIpc) is 3.13. The molecule has 6 nitrogen and oxygen atoms in total. The van der Waals surface area contributed by atoms with E-state index in [0.29, 0.717) is 23.8 Å². The van der Waals surface area contributed by atoms with Crippen molar-refractivity contribution in [1.29, 1.82) is 0 Å². The van der Waals surface area contributed by atoms with Crippen LogP contribution in [0.25, 0.3) is 0 Å². The predicted octanol–water partition coefficient (Wildman–Crippen LogP) is 4.04. The summed E-state index contributed by atoms with van der Waals surface area (Å²) in [6.07, 6.45) is 4.58. The first kappa shape index (κ1) is 17.7. The average molecular weight is 350 g/mol. The molecule has 2 N–H and O–H groups in total. The van der Waals surface area contributed by atoms with Gasteiger partial charge in [0.2, 0.25) is 5.95 Å². The highest BCUT2D eigenvalue weighted by Crippen LogP contribution is 2.30. The summed E-state index contributed by atoms with van der Waals surface area (Å²) in [7, 11) is 0. The number of benzene rings is 1. The fraction of sp³-hybridized carbons (Fsp3) is 0.250. The van der Waals surface area contributed by atoms with E-state index in [9.17, 15) is 4.79 Å². The Balaban J connectivity index is 1.68. The zero-order valence-corrected chi connectivity index (χ0v) is 15.1. The van der Waals surface area contributed by atoms with Crippen LogP contribution in [0.1, 0.15) is 42.5 Å². The third kappa shape index (κ3) is 4.27. The molecule has 6 heteroatoms. The van der Waals surface area contributed by atoms with Crippen molar-refractivity contribution in [3.05, 3.63) is 71.9 Å². The third-order valence-corrected chi connectivity index (χ3v) is 3.90. The Labute approximate surface area is 152 Å². The van der Waals surface area contributed by atoms with Crippen molar-refractivity contribution >= 4 is 17.5 Å². The Bertz CT molecular complexity index is 866. The number of nitrogens with zero attached hydrogens (tertiary/aromatic N) is 2. The van der Waals surface area contributed by atoms with Crippen molar-refractivity contribution in [2.45, 2.75) is 32.7 Å². The topological polar surface area (TPSA) is 80.0 Å². The maximum Gasteiger partial charge on any atom is 0.254 e. The molecule has 0 atom stereocenters. The van der Waals surface area contributed by atoms with E-state index >= 15 is 0 Å². The van der Waals surface area contributed by atoms with Crippen molar-refractivity contribution in [2.75, 3.05) is 5.32 Å². The lowest BCUT2D eigenvalue weighted by molar-refractivity contribution is 0.0947. The molecule has 0 radical (unpaired) electrons. The second kappa shape index (κ2) is 7.39. The third-order valence-electron chi connectivity index (χ3n) is 3.90. The molecule has 0 aliphatic heterocycles. The summed E-state index contributed by atoms with van der Waals surface area (Å²) in [5, 5.41) is 6.00. The van der Waals surface area contributed by atoms with Gasteiger partial charge in [-0.3, -0.25) is 4.79 Å². The van der Waals surface area contributed by atoms with Gasteiger partial charge in [0.1, 0.15) is 5.76 Å². The Morgan fingerprint density at radius 3 is 2.46 bits per heavy atom. The molecule has 0 spiro atoms. The first-order chi connectivity index (χ1) is 12.4. The van der Waals surface area contributed by atoms with Gasteiger partial charge >= 0.3 is 0 Å². The minimum atomic E-state index is -0.247. The normalized spacial score (nSPS) is 11.2. The summed E-state index contributed by atoms with van der Waals surface area (Å²) in [6.45, 7) is 6.78. The summed E-state index contributed by atoms with van der Waals surface area (Å²) < 4.78 is 5.19. The van der Waals surface area contributed by atoms with Crippen molar-refractivity contribution in [3.8, 4) is 0 Å². The number of nitrogens with one attached hydrogen (secondary N) is 2. The SMILES string of the molecule is CC(C)(C)c1ccccc1Nc1ncc(C(=O)NCc2ccco2)cn1. The fourth-order valence-electron chi connectivity index (χ4n) is 2.56. The highest BCUT2D eigenvalue weighted by atomic mass is 16.3. The molecule has 0 bridgehead atoms. The van der Waals surface area contributed by atoms with E-state index in [1.807, 2.05) is 18.2 Å². The summed E-state index contributed by atoms with van der Waals surface area (Å²) in [5.41, 5.74) is 2.51. The van der Waals surface area contributed by atoms with Gasteiger partial charge in [0.05, 0.1) is 18.4 Å². The molecule has 0 aliphatic carbocycles. The highest BCUT2D eigenvalue weighted by molar-refractivity contribution is 5.93. The van der Waals surface area contributed by atoms with Crippen LogP contribution in [0, 0.1) is 0 Å². The first-order valence-corrected chi connectivity index (χ1v) is 8.42. The molecule has 0 fully saturated rings. The Hall–Kier alpha value is -3.15. The van der Waals surface area contributed by atoms with E-state index in [2.05, 4.69) is 47.4 Å². The van der Waals surface area contributed by atoms with E-state index < -0.39 is 0 Å². The first-order valence-electron chi connectivity index (χ1n) is 8.42. The molecule has 0 aliphatic rings. The minimum absolute atomic E-state index is 0.00469. The van der Waals surface area contributed by atoms with E-state index in [0.717, 1.165) is 5.69 Å². The van der Waals surface area contributed by atoms with Crippen LogP contribution in [-0.4, -0.2) is 15.9 Å². The molecule has 134 valence electrons. The lowest BCUT2D eigenvalue weighted by Gasteiger charge is -2.22. The van der Waals surface area contributed by atoms with Crippen molar-refractivity contribution < 1.29 is 9.21 Å². The van der Waals surface area contributed by atoms with Crippen LogP contribution < -0.4 is 10.6 Å². The van der Waals surface area contributed by atoms with Gasteiger partial charge in [-0.15, -0.1) is 0 Å². The molecule has 0 unspecified atom stereocenters. The van der Waals surface area contributed by atoms with Crippen molar-refractivity contribution in [2.24, 2.45) is 0 Å². The van der Waals surface area contributed by atoms with Crippen LogP contribution in [0.5, 0.6) is 0 Å². The van der Waals surface area contributed by atoms with Gasteiger partial charge in [-0.1, -0.05) is 39.0 Å². The maximum absolute atomic E-state index is 12.1. The van der Waals surface area contributed by atoms with Crippen LogP contribution in [0.2, 0.25) is 0 Å². The number of amides is 1.